The second kappa shape index (κ2) is 5.85. The Kier molecular flexibility index (Phi) is 4.42. The maximum Gasteiger partial charge on any atom is 0.120 e. The predicted octanol–water partition coefficient (Wildman–Crippen LogP) is 3.03. The third-order valence-corrected chi connectivity index (χ3v) is 3.62. The number of hydrogen-bond donors (Lipinski definition) is 1. The lowest BCUT2D eigenvalue weighted by atomic mass is 10.1. The summed E-state index contributed by atoms with van der Waals surface area (Å²) < 4.78 is 12.2. The van der Waals surface area contributed by atoms with Crippen LogP contribution in [0.2, 0.25) is 0 Å². The molecule has 1 atom stereocenters. The Morgan fingerprint density at radius 2 is 2.12 bits per heavy atom. The van der Waals surface area contributed by atoms with Crippen LogP contribution in [0.3, 0.4) is 0 Å². The van der Waals surface area contributed by atoms with Gasteiger partial charge < -0.3 is 15.2 Å². The van der Waals surface area contributed by atoms with E-state index in [1.165, 1.54) is 0 Å². The highest BCUT2D eigenvalue weighted by Crippen LogP contribution is 2.28. The van der Waals surface area contributed by atoms with Crippen LogP contribution < -0.4 is 10.5 Å². The molecule has 2 rings (SSSR count). The molecule has 1 fully saturated rings. The van der Waals surface area contributed by atoms with Gasteiger partial charge in [0, 0.05) is 23.4 Å². The van der Waals surface area contributed by atoms with E-state index < -0.39 is 0 Å². The largest absolute Gasteiger partial charge is 0.490 e. The highest BCUT2D eigenvalue weighted by atomic mass is 79.9. The first kappa shape index (κ1) is 12.9. The molecule has 1 heterocycles. The minimum absolute atomic E-state index is 0.0292. The zero-order valence-electron chi connectivity index (χ0n) is 9.99. The zero-order chi connectivity index (χ0) is 12.3. The maximum absolute atomic E-state index is 5.92. The third-order valence-electron chi connectivity index (χ3n) is 2.93. The smallest absolute Gasteiger partial charge is 0.120 e. The van der Waals surface area contributed by atoms with Gasteiger partial charge in [0.25, 0.3) is 0 Å². The first-order valence-electron chi connectivity index (χ1n) is 5.96. The van der Waals surface area contributed by atoms with Gasteiger partial charge in [-0.05, 0) is 24.6 Å². The second-order valence-corrected chi connectivity index (χ2v) is 5.26. The number of halogens is 1. The van der Waals surface area contributed by atoms with Crippen LogP contribution in [-0.4, -0.2) is 19.3 Å². The summed E-state index contributed by atoms with van der Waals surface area (Å²) in [5.41, 5.74) is 6.96. The highest BCUT2D eigenvalue weighted by molar-refractivity contribution is 9.10. The van der Waals surface area contributed by atoms with Gasteiger partial charge in [-0.15, -0.1) is 0 Å². The van der Waals surface area contributed by atoms with Crippen molar-refractivity contribution in [1.29, 1.82) is 0 Å². The van der Waals surface area contributed by atoms with Crippen molar-refractivity contribution in [2.45, 2.75) is 31.9 Å². The van der Waals surface area contributed by atoms with Crippen LogP contribution >= 0.6 is 15.9 Å². The molecule has 0 amide bonds. The lowest BCUT2D eigenvalue weighted by molar-refractivity contribution is 0.0255. The minimum atomic E-state index is 0.0292. The first-order chi connectivity index (χ1) is 8.16. The van der Waals surface area contributed by atoms with Crippen molar-refractivity contribution in [1.82, 2.24) is 0 Å². The molecule has 2 N–H and O–H groups in total. The fourth-order valence-electron chi connectivity index (χ4n) is 1.94. The Labute approximate surface area is 110 Å². The van der Waals surface area contributed by atoms with Crippen LogP contribution in [0.25, 0.3) is 0 Å². The number of hydrogen-bond acceptors (Lipinski definition) is 3. The van der Waals surface area contributed by atoms with Gasteiger partial charge in [0.05, 0.1) is 13.2 Å². The summed E-state index contributed by atoms with van der Waals surface area (Å²) in [6.07, 6.45) is 2.20. The van der Waals surface area contributed by atoms with E-state index in [1.807, 2.05) is 25.1 Å². The molecule has 1 aromatic rings. The number of benzene rings is 1. The molecular formula is C13H18BrNO2. The predicted molar refractivity (Wildman–Crippen MR) is 71.2 cm³/mol. The molecule has 0 unspecified atom stereocenters. The molecular weight excluding hydrogens is 282 g/mol. The fourth-order valence-corrected chi connectivity index (χ4v) is 2.66. The van der Waals surface area contributed by atoms with Gasteiger partial charge in [-0.3, -0.25) is 0 Å². The Morgan fingerprint density at radius 3 is 2.71 bits per heavy atom. The highest BCUT2D eigenvalue weighted by Gasteiger charge is 2.16. The lowest BCUT2D eigenvalue weighted by Gasteiger charge is -2.23. The Morgan fingerprint density at radius 1 is 1.41 bits per heavy atom. The topological polar surface area (TPSA) is 44.5 Å². The van der Waals surface area contributed by atoms with Crippen molar-refractivity contribution >= 4 is 15.9 Å². The molecule has 0 aromatic heterocycles. The van der Waals surface area contributed by atoms with Gasteiger partial charge in [0.15, 0.2) is 0 Å². The summed E-state index contributed by atoms with van der Waals surface area (Å²) in [5, 5.41) is 0. The summed E-state index contributed by atoms with van der Waals surface area (Å²) in [5.74, 6) is 0.896. The van der Waals surface area contributed by atoms with Crippen LogP contribution in [0.5, 0.6) is 5.75 Å². The summed E-state index contributed by atoms with van der Waals surface area (Å²) >= 11 is 3.53. The van der Waals surface area contributed by atoms with E-state index in [4.69, 9.17) is 15.2 Å². The standard InChI is InChI=1S/C13H18BrNO2/c1-9(15)12-3-2-11(8-13(12)14)17-10-4-6-16-7-5-10/h2-3,8-10H,4-7,15H2,1H3/t9-/m0/s1. The Balaban J connectivity index is 2.04. The summed E-state index contributed by atoms with van der Waals surface area (Å²) in [4.78, 5) is 0. The number of ether oxygens (including phenoxy) is 2. The average Bonchev–Trinajstić information content (AvgIpc) is 2.30. The van der Waals surface area contributed by atoms with Gasteiger partial charge in [0.1, 0.15) is 11.9 Å². The molecule has 0 saturated carbocycles. The molecule has 94 valence electrons. The van der Waals surface area contributed by atoms with Crippen molar-refractivity contribution in [3.8, 4) is 5.75 Å². The molecule has 1 aliphatic rings. The van der Waals surface area contributed by atoms with Crippen LogP contribution in [0.15, 0.2) is 22.7 Å². The molecule has 0 bridgehead atoms. The van der Waals surface area contributed by atoms with Crippen molar-refractivity contribution < 1.29 is 9.47 Å². The van der Waals surface area contributed by atoms with E-state index in [0.29, 0.717) is 0 Å². The monoisotopic (exact) mass is 299 g/mol. The lowest BCUT2D eigenvalue weighted by Crippen LogP contribution is -2.25. The molecule has 3 nitrogen and oxygen atoms in total. The molecule has 1 aromatic carbocycles. The zero-order valence-corrected chi connectivity index (χ0v) is 11.6. The van der Waals surface area contributed by atoms with E-state index in [2.05, 4.69) is 15.9 Å². The first-order valence-corrected chi connectivity index (χ1v) is 6.75. The van der Waals surface area contributed by atoms with E-state index in [0.717, 1.165) is 41.8 Å². The molecule has 0 spiro atoms. The summed E-state index contributed by atoms with van der Waals surface area (Å²) in [7, 11) is 0. The Hall–Kier alpha value is -0.580. The quantitative estimate of drug-likeness (QED) is 0.933. The van der Waals surface area contributed by atoms with E-state index in [9.17, 15) is 0 Å². The molecule has 0 radical (unpaired) electrons. The van der Waals surface area contributed by atoms with Gasteiger partial charge in [0.2, 0.25) is 0 Å². The molecule has 1 aliphatic heterocycles. The summed E-state index contributed by atoms with van der Waals surface area (Å²) in [6, 6.07) is 6.03. The molecule has 4 heteroatoms. The van der Waals surface area contributed by atoms with E-state index in [1.54, 1.807) is 0 Å². The van der Waals surface area contributed by atoms with Gasteiger partial charge in [-0.2, -0.15) is 0 Å². The van der Waals surface area contributed by atoms with Crippen LogP contribution in [0, 0.1) is 0 Å². The summed E-state index contributed by atoms with van der Waals surface area (Å²) in [6.45, 7) is 3.56. The van der Waals surface area contributed by atoms with E-state index in [-0.39, 0.29) is 12.1 Å². The van der Waals surface area contributed by atoms with Crippen molar-refractivity contribution in [2.24, 2.45) is 5.73 Å². The second-order valence-electron chi connectivity index (χ2n) is 4.40. The normalized spacial score (nSPS) is 19.0. The van der Waals surface area contributed by atoms with Crippen molar-refractivity contribution in [3.05, 3.63) is 28.2 Å². The molecule has 17 heavy (non-hydrogen) atoms. The van der Waals surface area contributed by atoms with Crippen molar-refractivity contribution in [3.63, 3.8) is 0 Å². The number of rotatable bonds is 3. The fraction of sp³-hybridized carbons (Fsp3) is 0.538. The molecule has 0 aliphatic carbocycles. The van der Waals surface area contributed by atoms with Crippen LogP contribution in [-0.2, 0) is 4.74 Å². The Bertz CT molecular complexity index is 376. The SMILES string of the molecule is C[C@H](N)c1ccc(OC2CCOCC2)cc1Br. The van der Waals surface area contributed by atoms with E-state index >= 15 is 0 Å². The average molecular weight is 300 g/mol. The maximum atomic E-state index is 5.92. The third kappa shape index (κ3) is 3.44. The minimum Gasteiger partial charge on any atom is -0.490 e. The van der Waals surface area contributed by atoms with Gasteiger partial charge in [-0.1, -0.05) is 22.0 Å². The molecule has 1 saturated heterocycles. The van der Waals surface area contributed by atoms with Crippen LogP contribution in [0.1, 0.15) is 31.4 Å². The number of nitrogens with two attached hydrogens (primary N) is 1. The van der Waals surface area contributed by atoms with Crippen molar-refractivity contribution in [2.75, 3.05) is 13.2 Å². The van der Waals surface area contributed by atoms with Crippen LogP contribution in [0.4, 0.5) is 0 Å². The van der Waals surface area contributed by atoms with Gasteiger partial charge in [-0.25, -0.2) is 0 Å². The van der Waals surface area contributed by atoms with Gasteiger partial charge >= 0.3 is 0 Å².